The van der Waals surface area contributed by atoms with Crippen molar-refractivity contribution in [3.63, 3.8) is 0 Å². The minimum absolute atomic E-state index is 0.0680. The van der Waals surface area contributed by atoms with Crippen LogP contribution in [0.2, 0.25) is 0 Å². The Morgan fingerprint density at radius 3 is 2.44 bits per heavy atom. The van der Waals surface area contributed by atoms with Crippen LogP contribution in [0.25, 0.3) is 22.3 Å². The van der Waals surface area contributed by atoms with Crippen molar-refractivity contribution in [3.05, 3.63) is 65.6 Å². The molecule has 2 aromatic heterocycles. The lowest BCUT2D eigenvalue weighted by molar-refractivity contribution is -0.0129. The molecule has 5 heteroatoms. The molecule has 1 fully saturated rings. The van der Waals surface area contributed by atoms with Crippen LogP contribution < -0.4 is 4.74 Å². The highest BCUT2D eigenvalue weighted by molar-refractivity contribution is 5.75. The van der Waals surface area contributed by atoms with E-state index >= 15 is 0 Å². The van der Waals surface area contributed by atoms with Crippen LogP contribution in [0.1, 0.15) is 63.1 Å². The second-order valence-electron chi connectivity index (χ2n) is 8.20. The van der Waals surface area contributed by atoms with Gasteiger partial charge in [-0.05, 0) is 47.2 Å². The lowest BCUT2D eigenvalue weighted by Gasteiger charge is -2.31. The van der Waals surface area contributed by atoms with Gasteiger partial charge in [-0.15, -0.1) is 0 Å². The van der Waals surface area contributed by atoms with E-state index in [0.29, 0.717) is 30.2 Å². The van der Waals surface area contributed by atoms with Crippen molar-refractivity contribution < 1.29 is 9.84 Å². The predicted octanol–water partition coefficient (Wildman–Crippen LogP) is 6.04. The van der Waals surface area contributed by atoms with Crippen LogP contribution in [0, 0.1) is 18.3 Å². The molecule has 3 aromatic rings. The number of nitriles is 1. The summed E-state index contributed by atoms with van der Waals surface area (Å²) in [6.07, 6.45) is 6.30. The number of aliphatic hydroxyl groups excluding tert-OH is 1. The van der Waals surface area contributed by atoms with Gasteiger partial charge in [0.15, 0.2) is 0 Å². The number of hydrogen-bond donors (Lipinski definition) is 1. The van der Waals surface area contributed by atoms with Gasteiger partial charge in [-0.1, -0.05) is 45.9 Å². The molecule has 32 heavy (non-hydrogen) atoms. The number of rotatable bonds is 5. The second kappa shape index (κ2) is 10.4. The van der Waals surface area contributed by atoms with E-state index in [9.17, 15) is 10.4 Å². The van der Waals surface area contributed by atoms with E-state index in [0.717, 1.165) is 27.8 Å². The first-order valence-corrected chi connectivity index (χ1v) is 11.3. The highest BCUT2D eigenvalue weighted by atomic mass is 16.5. The molecule has 4 rings (SSSR count). The number of aliphatic hydroxyl groups is 1. The molecule has 166 valence electrons. The molecular formula is C27H31N3O2. The van der Waals surface area contributed by atoms with Crippen molar-refractivity contribution in [2.24, 2.45) is 0 Å². The first-order chi connectivity index (χ1) is 15.5. The van der Waals surface area contributed by atoms with Gasteiger partial charge in [0.2, 0.25) is 5.88 Å². The van der Waals surface area contributed by atoms with Gasteiger partial charge in [0.05, 0.1) is 6.10 Å². The van der Waals surface area contributed by atoms with Crippen molar-refractivity contribution in [2.75, 3.05) is 0 Å². The number of ether oxygens (including phenoxy) is 1. The number of hydrogen-bond acceptors (Lipinski definition) is 5. The number of aromatic nitrogens is 2. The summed E-state index contributed by atoms with van der Waals surface area (Å²) in [7, 11) is 0. The Morgan fingerprint density at radius 2 is 1.81 bits per heavy atom. The molecule has 2 heterocycles. The van der Waals surface area contributed by atoms with Crippen LogP contribution in [-0.2, 0) is 0 Å². The zero-order valence-electron chi connectivity index (χ0n) is 19.5. The Bertz CT molecular complexity index is 1110. The molecule has 1 N–H and O–H groups in total. The maximum atomic E-state index is 9.55. The molecule has 1 aliphatic rings. The highest BCUT2D eigenvalue weighted by Crippen LogP contribution is 2.34. The lowest BCUT2D eigenvalue weighted by Crippen LogP contribution is -2.37. The van der Waals surface area contributed by atoms with Gasteiger partial charge in [0, 0.05) is 42.6 Å². The van der Waals surface area contributed by atoms with Crippen LogP contribution in [0.3, 0.4) is 0 Å². The fourth-order valence-corrected chi connectivity index (χ4v) is 3.86. The molecule has 1 aromatic carbocycles. The van der Waals surface area contributed by atoms with E-state index in [4.69, 9.17) is 4.74 Å². The molecule has 0 saturated heterocycles. The Balaban J connectivity index is 0.00000141. The highest BCUT2D eigenvalue weighted by Gasteiger charge is 2.30. The Kier molecular flexibility index (Phi) is 7.61. The van der Waals surface area contributed by atoms with Gasteiger partial charge >= 0.3 is 0 Å². The summed E-state index contributed by atoms with van der Waals surface area (Å²) in [4.78, 5) is 8.71. The molecule has 0 radical (unpaired) electrons. The van der Waals surface area contributed by atoms with Crippen LogP contribution in [0.5, 0.6) is 5.88 Å². The van der Waals surface area contributed by atoms with Gasteiger partial charge in [0.25, 0.3) is 0 Å². The van der Waals surface area contributed by atoms with Crippen molar-refractivity contribution in [2.45, 2.75) is 65.6 Å². The molecule has 0 aliphatic heterocycles. The Labute approximate surface area is 190 Å². The summed E-state index contributed by atoms with van der Waals surface area (Å²) in [5.41, 5.74) is 7.01. The average Bonchev–Trinajstić information content (AvgIpc) is 2.79. The van der Waals surface area contributed by atoms with Crippen molar-refractivity contribution in [1.82, 2.24) is 9.97 Å². The summed E-state index contributed by atoms with van der Waals surface area (Å²) >= 11 is 0. The molecule has 1 saturated carbocycles. The minimum atomic E-state index is -0.308. The maximum Gasteiger partial charge on any atom is 0.231 e. The summed E-state index contributed by atoms with van der Waals surface area (Å²) in [5, 5.41) is 19.0. The van der Waals surface area contributed by atoms with Crippen LogP contribution in [-0.4, -0.2) is 27.3 Å². The predicted molar refractivity (Wildman–Crippen MR) is 127 cm³/mol. The molecule has 5 nitrogen and oxygen atoms in total. The van der Waals surface area contributed by atoms with Gasteiger partial charge in [-0.25, -0.2) is 4.98 Å². The monoisotopic (exact) mass is 429 g/mol. The third-order valence-corrected chi connectivity index (χ3v) is 5.65. The van der Waals surface area contributed by atoms with Crippen LogP contribution >= 0.6 is 0 Å². The van der Waals surface area contributed by atoms with E-state index in [2.05, 4.69) is 61.1 Å². The van der Waals surface area contributed by atoms with E-state index in [1.165, 1.54) is 5.56 Å². The van der Waals surface area contributed by atoms with E-state index in [1.807, 2.05) is 32.3 Å². The maximum absolute atomic E-state index is 9.55. The summed E-state index contributed by atoms with van der Waals surface area (Å²) in [5.74, 6) is 0.747. The van der Waals surface area contributed by atoms with E-state index in [1.54, 1.807) is 6.20 Å². The minimum Gasteiger partial charge on any atom is -0.473 e. The van der Waals surface area contributed by atoms with E-state index in [-0.39, 0.29) is 12.2 Å². The first kappa shape index (κ1) is 23.4. The summed E-state index contributed by atoms with van der Waals surface area (Å²) in [6.45, 7) is 10.5. The van der Waals surface area contributed by atoms with Crippen LogP contribution in [0.4, 0.5) is 0 Å². The number of aryl methyl sites for hydroxylation is 1. The van der Waals surface area contributed by atoms with Gasteiger partial charge in [0.1, 0.15) is 17.7 Å². The average molecular weight is 430 g/mol. The smallest absolute Gasteiger partial charge is 0.231 e. The van der Waals surface area contributed by atoms with Crippen LogP contribution in [0.15, 0.2) is 48.9 Å². The summed E-state index contributed by atoms with van der Waals surface area (Å²) < 4.78 is 5.77. The lowest BCUT2D eigenvalue weighted by atomic mass is 9.90. The molecule has 0 unspecified atom stereocenters. The molecule has 1 aliphatic carbocycles. The summed E-state index contributed by atoms with van der Waals surface area (Å²) in [6, 6.07) is 12.4. The molecule has 0 amide bonds. The zero-order chi connectivity index (χ0) is 23.3. The number of benzene rings is 1. The zero-order valence-corrected chi connectivity index (χ0v) is 19.5. The third kappa shape index (κ3) is 4.98. The van der Waals surface area contributed by atoms with Crippen molar-refractivity contribution >= 4 is 0 Å². The van der Waals surface area contributed by atoms with E-state index < -0.39 is 0 Å². The van der Waals surface area contributed by atoms with Crippen molar-refractivity contribution in [1.29, 1.82) is 5.26 Å². The fraction of sp³-hybridized carbons (Fsp3) is 0.370. The van der Waals surface area contributed by atoms with Gasteiger partial charge < -0.3 is 9.84 Å². The van der Waals surface area contributed by atoms with Crippen molar-refractivity contribution in [3.8, 4) is 34.2 Å². The first-order valence-electron chi connectivity index (χ1n) is 11.3. The normalized spacial score (nSPS) is 17.1. The fourth-order valence-electron chi connectivity index (χ4n) is 3.86. The number of nitrogens with zero attached hydrogens (tertiary/aromatic N) is 3. The SMILES string of the molecule is CC.Cc1cc(-c2cnc(OC3CC(O)C3)c(C#N)c2)ccc1-c1cnccc1C(C)C. The largest absolute Gasteiger partial charge is 0.473 e. The standard InChI is InChI=1S/C25H25N3O2.C2H6/c1-15(2)22-6-7-27-14-24(22)23-5-4-17(8-16(23)3)19-9-18(12-26)25(28-13-19)30-21-10-20(29)11-21;1-2/h4-9,13-15,20-21,29H,10-11H2,1-3H3;1-2H3. The number of pyridine rings is 2. The molecule has 0 atom stereocenters. The Morgan fingerprint density at radius 1 is 1.06 bits per heavy atom. The Hall–Kier alpha value is -3.23. The third-order valence-electron chi connectivity index (χ3n) is 5.65. The molecular weight excluding hydrogens is 398 g/mol. The van der Waals surface area contributed by atoms with Gasteiger partial charge in [-0.2, -0.15) is 5.26 Å². The topological polar surface area (TPSA) is 79.0 Å². The second-order valence-corrected chi connectivity index (χ2v) is 8.20. The molecule has 0 spiro atoms. The van der Waals surface area contributed by atoms with Gasteiger partial charge in [-0.3, -0.25) is 4.98 Å². The quantitative estimate of drug-likeness (QED) is 0.535. The molecule has 0 bridgehead atoms.